The Morgan fingerprint density at radius 3 is 2.47 bits per heavy atom. The van der Waals surface area contributed by atoms with E-state index in [9.17, 15) is 0 Å². The van der Waals surface area contributed by atoms with Crippen molar-refractivity contribution in [2.45, 2.75) is 20.4 Å². The highest BCUT2D eigenvalue weighted by Gasteiger charge is 2.05. The molecule has 0 aliphatic heterocycles. The molecule has 17 heavy (non-hydrogen) atoms. The summed E-state index contributed by atoms with van der Waals surface area (Å²) in [6, 6.07) is 5.55. The molecule has 0 radical (unpaired) electrons. The molecule has 0 N–H and O–H groups in total. The fourth-order valence-corrected chi connectivity index (χ4v) is 2.13. The lowest BCUT2D eigenvalue weighted by molar-refractivity contribution is 0.762. The maximum atomic E-state index is 6.12. The van der Waals surface area contributed by atoms with Gasteiger partial charge < -0.3 is 4.57 Å². The first-order valence-corrected chi connectivity index (χ1v) is 5.76. The third-order valence-electron chi connectivity index (χ3n) is 2.45. The van der Waals surface area contributed by atoms with E-state index < -0.39 is 0 Å². The van der Waals surface area contributed by atoms with E-state index in [1.165, 1.54) is 0 Å². The second kappa shape index (κ2) is 5.76. The molecule has 0 amide bonds. The number of rotatable bonds is 2. The summed E-state index contributed by atoms with van der Waals surface area (Å²) in [5, 5.41) is 1.35. The van der Waals surface area contributed by atoms with Crippen LogP contribution in [0.15, 0.2) is 24.4 Å². The lowest BCUT2D eigenvalue weighted by Crippen LogP contribution is -2.01. The van der Waals surface area contributed by atoms with Crippen LogP contribution in [0.4, 0.5) is 0 Å². The Morgan fingerprint density at radius 1 is 1.24 bits per heavy atom. The van der Waals surface area contributed by atoms with Crippen molar-refractivity contribution in [1.29, 1.82) is 0 Å². The quantitative estimate of drug-likeness (QED) is 0.807. The number of nitrogens with zero attached hydrogens (tertiary/aromatic N) is 2. The molecule has 1 heterocycles. The van der Waals surface area contributed by atoms with Crippen LogP contribution in [0.3, 0.4) is 0 Å². The van der Waals surface area contributed by atoms with Crippen molar-refractivity contribution in [1.82, 2.24) is 9.55 Å². The van der Waals surface area contributed by atoms with Gasteiger partial charge in [0.15, 0.2) is 0 Å². The number of imidazole rings is 1. The van der Waals surface area contributed by atoms with Crippen molar-refractivity contribution in [3.63, 3.8) is 0 Å². The van der Waals surface area contributed by atoms with Gasteiger partial charge in [-0.1, -0.05) is 29.3 Å². The van der Waals surface area contributed by atoms with Crippen molar-refractivity contribution < 1.29 is 0 Å². The topological polar surface area (TPSA) is 17.8 Å². The van der Waals surface area contributed by atoms with Crippen molar-refractivity contribution >= 4 is 35.6 Å². The molecule has 0 aliphatic rings. The van der Waals surface area contributed by atoms with Gasteiger partial charge in [-0.05, 0) is 31.5 Å². The average Bonchev–Trinajstić information content (AvgIpc) is 2.50. The summed E-state index contributed by atoms with van der Waals surface area (Å²) in [4.78, 5) is 4.35. The number of hydrogen-bond donors (Lipinski definition) is 0. The highest BCUT2D eigenvalue weighted by atomic mass is 35.5. The second-order valence-corrected chi connectivity index (χ2v) is 4.64. The van der Waals surface area contributed by atoms with Gasteiger partial charge in [0, 0.05) is 16.2 Å². The van der Waals surface area contributed by atoms with Crippen molar-refractivity contribution in [3.8, 4) is 0 Å². The van der Waals surface area contributed by atoms with E-state index in [-0.39, 0.29) is 12.4 Å². The first-order chi connectivity index (χ1) is 7.56. The fraction of sp³-hybridized carbons (Fsp3) is 0.250. The molecule has 2 rings (SSSR count). The summed E-state index contributed by atoms with van der Waals surface area (Å²) in [6.45, 7) is 4.69. The first kappa shape index (κ1) is 14.4. The molecule has 5 heteroatoms. The van der Waals surface area contributed by atoms with Crippen LogP contribution in [-0.4, -0.2) is 9.55 Å². The molecule has 1 aromatic heterocycles. The predicted octanol–water partition coefficient (Wildman–Crippen LogP) is 4.28. The largest absolute Gasteiger partial charge is 0.330 e. The number of hydrogen-bond acceptors (Lipinski definition) is 1. The van der Waals surface area contributed by atoms with Crippen LogP contribution < -0.4 is 0 Å². The highest BCUT2D eigenvalue weighted by molar-refractivity contribution is 6.35. The Morgan fingerprint density at radius 2 is 1.94 bits per heavy atom. The second-order valence-electron chi connectivity index (χ2n) is 3.79. The van der Waals surface area contributed by atoms with Gasteiger partial charge in [0.05, 0.1) is 12.2 Å². The molecule has 2 nitrogen and oxygen atoms in total. The minimum absolute atomic E-state index is 0. The molecular formula is C12H13Cl3N2. The molecule has 0 saturated carbocycles. The van der Waals surface area contributed by atoms with Gasteiger partial charge in [-0.25, -0.2) is 4.98 Å². The lowest BCUT2D eigenvalue weighted by Gasteiger charge is -2.07. The number of aryl methyl sites for hydroxylation is 2. The summed E-state index contributed by atoms with van der Waals surface area (Å²) < 4.78 is 2.07. The molecule has 0 aliphatic carbocycles. The zero-order valence-corrected chi connectivity index (χ0v) is 11.9. The van der Waals surface area contributed by atoms with E-state index >= 15 is 0 Å². The molecule has 2 aromatic rings. The van der Waals surface area contributed by atoms with E-state index in [2.05, 4.69) is 9.55 Å². The number of aromatic nitrogens is 2. The Balaban J connectivity index is 0.00000144. The van der Waals surface area contributed by atoms with Crippen LogP contribution in [0.1, 0.15) is 17.1 Å². The smallest absolute Gasteiger partial charge is 0.106 e. The Labute approximate surface area is 117 Å². The zero-order valence-electron chi connectivity index (χ0n) is 9.58. The Bertz CT molecular complexity index is 520. The molecule has 0 fully saturated rings. The summed E-state index contributed by atoms with van der Waals surface area (Å²) in [6.07, 6.45) is 2.01. The first-order valence-electron chi connectivity index (χ1n) is 5.00. The van der Waals surface area contributed by atoms with E-state index in [4.69, 9.17) is 23.2 Å². The Kier molecular flexibility index (Phi) is 4.87. The normalized spacial score (nSPS) is 10.1. The van der Waals surface area contributed by atoms with E-state index in [1.807, 2.05) is 32.2 Å². The van der Waals surface area contributed by atoms with Crippen LogP contribution >= 0.6 is 35.6 Å². The predicted molar refractivity (Wildman–Crippen MR) is 74.5 cm³/mol. The van der Waals surface area contributed by atoms with Crippen LogP contribution in [-0.2, 0) is 6.54 Å². The lowest BCUT2D eigenvalue weighted by atomic mass is 10.2. The molecule has 92 valence electrons. The van der Waals surface area contributed by atoms with Gasteiger partial charge in [-0.3, -0.25) is 0 Å². The van der Waals surface area contributed by atoms with Gasteiger partial charge in [-0.2, -0.15) is 0 Å². The number of benzene rings is 1. The van der Waals surface area contributed by atoms with Crippen LogP contribution in [0.2, 0.25) is 10.0 Å². The van der Waals surface area contributed by atoms with E-state index in [0.717, 1.165) is 23.6 Å². The molecule has 1 aromatic carbocycles. The molecule has 0 atom stereocenters. The molecule has 0 unspecified atom stereocenters. The summed E-state index contributed by atoms with van der Waals surface area (Å²) in [5.74, 6) is 0.989. The molecule has 0 spiro atoms. The average molecular weight is 292 g/mol. The molecular weight excluding hydrogens is 279 g/mol. The van der Waals surface area contributed by atoms with Crippen molar-refractivity contribution in [2.24, 2.45) is 0 Å². The SMILES string of the molecule is Cc1cn(Cc2ccc(Cl)cc2Cl)c(C)n1.Cl. The van der Waals surface area contributed by atoms with Crippen LogP contribution in [0, 0.1) is 13.8 Å². The van der Waals surface area contributed by atoms with E-state index in [1.54, 1.807) is 6.07 Å². The van der Waals surface area contributed by atoms with Gasteiger partial charge in [0.2, 0.25) is 0 Å². The number of halogens is 3. The Hall–Kier alpha value is -0.700. The van der Waals surface area contributed by atoms with Crippen LogP contribution in [0.5, 0.6) is 0 Å². The van der Waals surface area contributed by atoms with Crippen LogP contribution in [0.25, 0.3) is 0 Å². The van der Waals surface area contributed by atoms with Crippen molar-refractivity contribution in [2.75, 3.05) is 0 Å². The van der Waals surface area contributed by atoms with Gasteiger partial charge in [0.25, 0.3) is 0 Å². The summed E-state index contributed by atoms with van der Waals surface area (Å²) >= 11 is 12.0. The van der Waals surface area contributed by atoms with Gasteiger partial charge >= 0.3 is 0 Å². The third kappa shape index (κ3) is 3.38. The van der Waals surface area contributed by atoms with Gasteiger partial charge in [-0.15, -0.1) is 12.4 Å². The molecule has 0 bridgehead atoms. The maximum absolute atomic E-state index is 6.12. The molecule has 0 saturated heterocycles. The minimum Gasteiger partial charge on any atom is -0.330 e. The fourth-order valence-electron chi connectivity index (χ4n) is 1.66. The highest BCUT2D eigenvalue weighted by Crippen LogP contribution is 2.22. The summed E-state index contributed by atoms with van der Waals surface area (Å²) in [7, 11) is 0. The van der Waals surface area contributed by atoms with Crippen molar-refractivity contribution in [3.05, 3.63) is 51.5 Å². The van der Waals surface area contributed by atoms with Gasteiger partial charge in [0.1, 0.15) is 5.82 Å². The van der Waals surface area contributed by atoms with E-state index in [0.29, 0.717) is 10.0 Å². The summed E-state index contributed by atoms with van der Waals surface area (Å²) in [5.41, 5.74) is 2.06. The standard InChI is InChI=1S/C12H12Cl2N2.ClH/c1-8-6-16(9(2)15-8)7-10-3-4-11(13)5-12(10)14;/h3-6H,7H2,1-2H3;1H. The zero-order chi connectivity index (χ0) is 11.7. The third-order valence-corrected chi connectivity index (χ3v) is 3.04. The monoisotopic (exact) mass is 290 g/mol. The minimum atomic E-state index is 0. The maximum Gasteiger partial charge on any atom is 0.106 e.